The maximum absolute atomic E-state index is 9.60. The summed E-state index contributed by atoms with van der Waals surface area (Å²) in [5.41, 5.74) is 1.01. The summed E-state index contributed by atoms with van der Waals surface area (Å²) in [5.74, 6) is 0.574. The molecule has 5 heteroatoms. The molecule has 2 heterocycles. The number of rotatable bonds is 2. The molecule has 0 aliphatic carbocycles. The molecule has 1 N–H and O–H groups in total. The van der Waals surface area contributed by atoms with Crippen molar-refractivity contribution in [2.45, 2.75) is 26.0 Å². The lowest BCUT2D eigenvalue weighted by Gasteiger charge is -2.33. The minimum absolute atomic E-state index is 0.176. The Labute approximate surface area is 87.7 Å². The van der Waals surface area contributed by atoms with Gasteiger partial charge in [0, 0.05) is 25.0 Å². The fraction of sp³-hybridized carbons (Fsp3) is 0.778. The highest BCUT2D eigenvalue weighted by molar-refractivity contribution is 7.03. The highest BCUT2D eigenvalue weighted by Gasteiger charge is 2.23. The lowest BCUT2D eigenvalue weighted by Crippen LogP contribution is -2.41. The van der Waals surface area contributed by atoms with Gasteiger partial charge in [-0.05, 0) is 23.9 Å². The SMILES string of the molecule is C[C@@H]1C[C@H](O)CN(Cc2csnn2)C1. The molecule has 0 amide bonds. The quantitative estimate of drug-likeness (QED) is 0.787. The molecule has 0 unspecified atom stereocenters. The number of aromatic nitrogens is 2. The van der Waals surface area contributed by atoms with Gasteiger partial charge in [-0.2, -0.15) is 0 Å². The maximum atomic E-state index is 9.60. The molecule has 0 saturated carbocycles. The fourth-order valence-electron chi connectivity index (χ4n) is 2.04. The molecule has 2 rings (SSSR count). The van der Waals surface area contributed by atoms with Crippen molar-refractivity contribution in [1.82, 2.24) is 14.5 Å². The molecule has 0 spiro atoms. The van der Waals surface area contributed by atoms with E-state index in [1.165, 1.54) is 11.5 Å². The zero-order valence-electron chi connectivity index (χ0n) is 8.26. The molecule has 14 heavy (non-hydrogen) atoms. The zero-order chi connectivity index (χ0) is 9.97. The van der Waals surface area contributed by atoms with E-state index in [1.807, 2.05) is 5.38 Å². The second-order valence-electron chi connectivity index (χ2n) is 4.09. The maximum Gasteiger partial charge on any atom is 0.0895 e. The number of piperidine rings is 1. The van der Waals surface area contributed by atoms with Crippen molar-refractivity contribution in [3.05, 3.63) is 11.1 Å². The number of aliphatic hydroxyl groups excluding tert-OH is 1. The molecule has 2 atom stereocenters. The first-order valence-corrected chi connectivity index (χ1v) is 5.74. The van der Waals surface area contributed by atoms with Crippen LogP contribution in [-0.4, -0.2) is 38.8 Å². The molecule has 0 bridgehead atoms. The normalized spacial score (nSPS) is 29.3. The number of aliphatic hydroxyl groups is 1. The summed E-state index contributed by atoms with van der Waals surface area (Å²) in [6.07, 6.45) is 0.747. The van der Waals surface area contributed by atoms with Gasteiger partial charge >= 0.3 is 0 Å². The Morgan fingerprint density at radius 3 is 3.14 bits per heavy atom. The van der Waals surface area contributed by atoms with Crippen LogP contribution in [0, 0.1) is 5.92 Å². The van der Waals surface area contributed by atoms with Crippen molar-refractivity contribution < 1.29 is 5.11 Å². The molecule has 1 aliphatic rings. The average molecular weight is 213 g/mol. The van der Waals surface area contributed by atoms with Gasteiger partial charge in [0.05, 0.1) is 11.8 Å². The lowest BCUT2D eigenvalue weighted by atomic mass is 9.98. The summed E-state index contributed by atoms with van der Waals surface area (Å²) in [4.78, 5) is 2.25. The average Bonchev–Trinajstić information content (AvgIpc) is 2.54. The predicted molar refractivity (Wildman–Crippen MR) is 55.0 cm³/mol. The second kappa shape index (κ2) is 4.33. The number of β-amino-alcohol motifs (C(OH)–C–C–N with tert-alkyl or cyclic N) is 1. The van der Waals surface area contributed by atoms with Crippen molar-refractivity contribution in [2.75, 3.05) is 13.1 Å². The van der Waals surface area contributed by atoms with E-state index in [9.17, 15) is 5.11 Å². The van der Waals surface area contributed by atoms with Crippen LogP contribution in [0.15, 0.2) is 5.38 Å². The number of hydrogen-bond donors (Lipinski definition) is 1. The number of hydrogen-bond acceptors (Lipinski definition) is 5. The van der Waals surface area contributed by atoms with Gasteiger partial charge in [-0.25, -0.2) is 0 Å². The Hall–Kier alpha value is -0.520. The molecule has 0 radical (unpaired) electrons. The molecule has 78 valence electrons. The summed E-state index contributed by atoms with van der Waals surface area (Å²) >= 11 is 1.38. The van der Waals surface area contributed by atoms with Gasteiger partial charge in [0.2, 0.25) is 0 Å². The largest absolute Gasteiger partial charge is 0.392 e. The van der Waals surface area contributed by atoms with Crippen LogP contribution < -0.4 is 0 Å². The van der Waals surface area contributed by atoms with Crippen LogP contribution in [0.3, 0.4) is 0 Å². The lowest BCUT2D eigenvalue weighted by molar-refractivity contribution is 0.0403. The second-order valence-corrected chi connectivity index (χ2v) is 4.69. The van der Waals surface area contributed by atoms with Crippen LogP contribution in [0.5, 0.6) is 0 Å². The first-order chi connectivity index (χ1) is 6.74. The number of likely N-dealkylation sites (tertiary alicyclic amines) is 1. The van der Waals surface area contributed by atoms with Gasteiger partial charge < -0.3 is 5.11 Å². The molecule has 1 fully saturated rings. The van der Waals surface area contributed by atoms with Crippen molar-refractivity contribution in [3.8, 4) is 0 Å². The van der Waals surface area contributed by atoms with Crippen LogP contribution in [0.25, 0.3) is 0 Å². The van der Waals surface area contributed by atoms with E-state index < -0.39 is 0 Å². The third kappa shape index (κ3) is 2.50. The van der Waals surface area contributed by atoms with Crippen LogP contribution in [-0.2, 0) is 6.54 Å². The highest BCUT2D eigenvalue weighted by atomic mass is 32.1. The Morgan fingerprint density at radius 1 is 1.64 bits per heavy atom. The van der Waals surface area contributed by atoms with E-state index in [1.54, 1.807) is 0 Å². The van der Waals surface area contributed by atoms with Gasteiger partial charge in [-0.15, -0.1) is 5.10 Å². The fourth-order valence-corrected chi connectivity index (χ4v) is 2.48. The van der Waals surface area contributed by atoms with Crippen LogP contribution in [0.4, 0.5) is 0 Å². The minimum Gasteiger partial charge on any atom is -0.392 e. The van der Waals surface area contributed by atoms with E-state index in [-0.39, 0.29) is 6.10 Å². The summed E-state index contributed by atoms with van der Waals surface area (Å²) in [7, 11) is 0. The first-order valence-electron chi connectivity index (χ1n) is 4.90. The summed E-state index contributed by atoms with van der Waals surface area (Å²) in [6, 6.07) is 0. The molecule has 1 aliphatic heterocycles. The molecule has 1 saturated heterocycles. The summed E-state index contributed by atoms with van der Waals surface area (Å²) in [6.45, 7) is 4.81. The zero-order valence-corrected chi connectivity index (χ0v) is 9.07. The molecule has 4 nitrogen and oxygen atoms in total. The Kier molecular flexibility index (Phi) is 3.10. The first kappa shape index (κ1) is 10.0. The number of nitrogens with zero attached hydrogens (tertiary/aromatic N) is 3. The van der Waals surface area contributed by atoms with Crippen molar-refractivity contribution in [1.29, 1.82) is 0 Å². The van der Waals surface area contributed by atoms with E-state index in [0.29, 0.717) is 5.92 Å². The molecular weight excluding hydrogens is 198 g/mol. The van der Waals surface area contributed by atoms with Crippen LogP contribution >= 0.6 is 11.5 Å². The summed E-state index contributed by atoms with van der Waals surface area (Å²) in [5, 5.41) is 15.6. The van der Waals surface area contributed by atoms with Gasteiger partial charge in [0.15, 0.2) is 0 Å². The van der Waals surface area contributed by atoms with Crippen molar-refractivity contribution >= 4 is 11.5 Å². The van der Waals surface area contributed by atoms with E-state index in [2.05, 4.69) is 21.4 Å². The van der Waals surface area contributed by atoms with Gasteiger partial charge in [0.25, 0.3) is 0 Å². The third-order valence-electron chi connectivity index (χ3n) is 2.50. The van der Waals surface area contributed by atoms with Crippen LogP contribution in [0.2, 0.25) is 0 Å². The Balaban J connectivity index is 1.91. The predicted octanol–water partition coefficient (Wildman–Crippen LogP) is 0.741. The van der Waals surface area contributed by atoms with E-state index >= 15 is 0 Å². The minimum atomic E-state index is -0.176. The standard InChI is InChI=1S/C9H15N3OS/c1-7-2-9(13)5-12(3-7)4-8-6-14-11-10-8/h6-7,9,13H,2-5H2,1H3/t7-,9+/m1/s1. The molecule has 1 aromatic rings. The topological polar surface area (TPSA) is 49.2 Å². The molecular formula is C9H15N3OS. The Morgan fingerprint density at radius 2 is 2.50 bits per heavy atom. The van der Waals surface area contributed by atoms with Crippen LogP contribution in [0.1, 0.15) is 19.0 Å². The van der Waals surface area contributed by atoms with E-state index in [0.717, 1.165) is 31.7 Å². The molecule has 1 aromatic heterocycles. The van der Waals surface area contributed by atoms with E-state index in [4.69, 9.17) is 0 Å². The van der Waals surface area contributed by atoms with Gasteiger partial charge in [-0.1, -0.05) is 11.4 Å². The summed E-state index contributed by atoms with van der Waals surface area (Å²) < 4.78 is 3.83. The smallest absolute Gasteiger partial charge is 0.0895 e. The Bertz CT molecular complexity index is 268. The van der Waals surface area contributed by atoms with Gasteiger partial charge in [0.1, 0.15) is 0 Å². The monoisotopic (exact) mass is 213 g/mol. The highest BCUT2D eigenvalue weighted by Crippen LogP contribution is 2.17. The van der Waals surface area contributed by atoms with Crippen molar-refractivity contribution in [2.24, 2.45) is 5.92 Å². The molecule has 0 aromatic carbocycles. The third-order valence-corrected chi connectivity index (χ3v) is 3.06. The van der Waals surface area contributed by atoms with Gasteiger partial charge in [-0.3, -0.25) is 4.90 Å². The van der Waals surface area contributed by atoms with Crippen molar-refractivity contribution in [3.63, 3.8) is 0 Å².